The van der Waals surface area contributed by atoms with E-state index >= 15 is 0 Å². The van der Waals surface area contributed by atoms with Gasteiger partial charge >= 0.3 is 0 Å². The number of hydrogen-bond acceptors (Lipinski definition) is 3. The number of rotatable bonds is 5. The van der Waals surface area contributed by atoms with Crippen LogP contribution in [0.3, 0.4) is 0 Å². The quantitative estimate of drug-likeness (QED) is 0.668. The zero-order valence-corrected chi connectivity index (χ0v) is 16.0. The smallest absolute Gasteiger partial charge is 0.238 e. The van der Waals surface area contributed by atoms with Gasteiger partial charge in [-0.2, -0.15) is 9.40 Å². The van der Waals surface area contributed by atoms with E-state index in [0.29, 0.717) is 11.3 Å². The lowest BCUT2D eigenvalue weighted by Crippen LogP contribution is -2.28. The van der Waals surface area contributed by atoms with Crippen molar-refractivity contribution in [1.82, 2.24) is 14.1 Å². The van der Waals surface area contributed by atoms with Gasteiger partial charge in [0.25, 0.3) is 0 Å². The summed E-state index contributed by atoms with van der Waals surface area (Å²) in [4.78, 5) is -0.946. The van der Waals surface area contributed by atoms with Crippen molar-refractivity contribution in [2.45, 2.75) is 25.3 Å². The summed E-state index contributed by atoms with van der Waals surface area (Å²) >= 11 is 0. The highest BCUT2D eigenvalue weighted by molar-refractivity contribution is 7.89. The zero-order valence-electron chi connectivity index (χ0n) is 15.1. The SMILES string of the molecule is Cc1nn(-c2ccccc2)c(C)c1CN(C)S(=O)(=O)c1c(F)cccc1F. The molecule has 3 rings (SSSR count). The van der Waals surface area contributed by atoms with Gasteiger partial charge in [0.05, 0.1) is 11.4 Å². The van der Waals surface area contributed by atoms with Crippen molar-refractivity contribution in [3.63, 3.8) is 0 Å². The minimum absolute atomic E-state index is 0.0550. The molecular weight excluding hydrogens is 372 g/mol. The maximum absolute atomic E-state index is 14.0. The average Bonchev–Trinajstić information content (AvgIpc) is 2.90. The Kier molecular flexibility index (Phi) is 5.12. The second-order valence-corrected chi connectivity index (χ2v) is 8.19. The van der Waals surface area contributed by atoms with Gasteiger partial charge in [-0.15, -0.1) is 0 Å². The van der Waals surface area contributed by atoms with Crippen molar-refractivity contribution in [2.24, 2.45) is 0 Å². The van der Waals surface area contributed by atoms with Gasteiger partial charge in [-0.25, -0.2) is 21.9 Å². The standard InChI is InChI=1S/C19H19F2N3O2S/c1-13-16(14(2)24(22-13)15-8-5-4-6-9-15)12-23(3)27(25,26)19-17(20)10-7-11-18(19)21/h4-11H,12H2,1-3H3. The largest absolute Gasteiger partial charge is 0.248 e. The summed E-state index contributed by atoms with van der Waals surface area (Å²) < 4.78 is 56.0. The predicted molar refractivity (Wildman–Crippen MR) is 98.0 cm³/mol. The summed E-state index contributed by atoms with van der Waals surface area (Å²) in [5.41, 5.74) is 2.93. The van der Waals surface area contributed by atoms with Crippen LogP contribution in [0.15, 0.2) is 53.4 Å². The summed E-state index contributed by atoms with van der Waals surface area (Å²) in [5.74, 6) is -2.23. The number of nitrogens with zero attached hydrogens (tertiary/aromatic N) is 3. The number of aryl methyl sites for hydroxylation is 1. The minimum atomic E-state index is -4.34. The molecule has 5 nitrogen and oxygen atoms in total. The molecule has 3 aromatic rings. The Morgan fingerprint density at radius 3 is 2.19 bits per heavy atom. The molecule has 0 saturated carbocycles. The molecule has 0 N–H and O–H groups in total. The molecule has 27 heavy (non-hydrogen) atoms. The van der Waals surface area contributed by atoms with E-state index in [9.17, 15) is 17.2 Å². The van der Waals surface area contributed by atoms with Crippen molar-refractivity contribution in [2.75, 3.05) is 7.05 Å². The molecule has 0 bridgehead atoms. The molecule has 1 aromatic heterocycles. The molecule has 0 unspecified atom stereocenters. The third kappa shape index (κ3) is 3.50. The molecule has 0 radical (unpaired) electrons. The van der Waals surface area contributed by atoms with Crippen LogP contribution >= 0.6 is 0 Å². The number of hydrogen-bond donors (Lipinski definition) is 0. The summed E-state index contributed by atoms with van der Waals surface area (Å²) in [6.07, 6.45) is 0. The lowest BCUT2D eigenvalue weighted by molar-refractivity contribution is 0.447. The zero-order chi connectivity index (χ0) is 19.8. The molecule has 0 spiro atoms. The Balaban J connectivity index is 1.97. The van der Waals surface area contributed by atoms with Crippen molar-refractivity contribution >= 4 is 10.0 Å². The van der Waals surface area contributed by atoms with E-state index < -0.39 is 26.6 Å². The van der Waals surface area contributed by atoms with E-state index in [0.717, 1.165) is 33.9 Å². The normalized spacial score (nSPS) is 11.9. The van der Waals surface area contributed by atoms with Gasteiger partial charge < -0.3 is 0 Å². The third-order valence-corrected chi connectivity index (χ3v) is 6.27. The Bertz CT molecular complexity index is 1060. The van der Waals surface area contributed by atoms with Crippen molar-refractivity contribution < 1.29 is 17.2 Å². The van der Waals surface area contributed by atoms with E-state index in [-0.39, 0.29) is 6.54 Å². The molecular formula is C19H19F2N3O2S. The Morgan fingerprint density at radius 1 is 1.00 bits per heavy atom. The summed E-state index contributed by atoms with van der Waals surface area (Å²) in [6.45, 7) is 3.54. The van der Waals surface area contributed by atoms with Crippen LogP contribution in [0.25, 0.3) is 5.69 Å². The first-order valence-electron chi connectivity index (χ1n) is 8.24. The fraction of sp³-hybridized carbons (Fsp3) is 0.211. The van der Waals surface area contributed by atoms with Crippen LogP contribution < -0.4 is 0 Å². The maximum Gasteiger partial charge on any atom is 0.248 e. The van der Waals surface area contributed by atoms with Gasteiger partial charge in [0, 0.05) is 24.8 Å². The van der Waals surface area contributed by atoms with Crippen molar-refractivity contribution in [3.8, 4) is 5.69 Å². The Hall–Kier alpha value is -2.58. The highest BCUT2D eigenvalue weighted by Gasteiger charge is 2.29. The number of sulfonamides is 1. The monoisotopic (exact) mass is 391 g/mol. The van der Waals surface area contributed by atoms with Crippen LogP contribution in [0, 0.1) is 25.5 Å². The van der Waals surface area contributed by atoms with Gasteiger partial charge in [0.15, 0.2) is 4.90 Å². The minimum Gasteiger partial charge on any atom is -0.238 e. The molecule has 0 amide bonds. The Labute approximate surface area is 156 Å². The fourth-order valence-electron chi connectivity index (χ4n) is 2.92. The summed E-state index contributed by atoms with van der Waals surface area (Å²) in [7, 11) is -3.05. The molecule has 8 heteroatoms. The van der Waals surface area contributed by atoms with E-state index in [1.807, 2.05) is 37.3 Å². The highest BCUT2D eigenvalue weighted by Crippen LogP contribution is 2.25. The predicted octanol–water partition coefficient (Wildman–Crippen LogP) is 3.59. The lowest BCUT2D eigenvalue weighted by atomic mass is 10.2. The first-order chi connectivity index (χ1) is 12.7. The summed E-state index contributed by atoms with van der Waals surface area (Å²) in [5, 5.41) is 4.47. The molecule has 0 aliphatic rings. The molecule has 142 valence electrons. The van der Waals surface area contributed by atoms with E-state index in [2.05, 4.69) is 5.10 Å². The average molecular weight is 391 g/mol. The van der Waals surface area contributed by atoms with E-state index in [1.54, 1.807) is 11.6 Å². The van der Waals surface area contributed by atoms with Gasteiger partial charge in [-0.3, -0.25) is 0 Å². The van der Waals surface area contributed by atoms with Crippen molar-refractivity contribution in [3.05, 3.63) is 77.1 Å². The number of benzene rings is 2. The van der Waals surface area contributed by atoms with E-state index in [1.165, 1.54) is 7.05 Å². The highest BCUT2D eigenvalue weighted by atomic mass is 32.2. The second-order valence-electron chi connectivity index (χ2n) is 6.21. The third-order valence-electron chi connectivity index (χ3n) is 4.41. The van der Waals surface area contributed by atoms with Crippen LogP contribution in [0.5, 0.6) is 0 Å². The van der Waals surface area contributed by atoms with Gasteiger partial charge in [-0.05, 0) is 38.1 Å². The van der Waals surface area contributed by atoms with Gasteiger partial charge in [-0.1, -0.05) is 24.3 Å². The number of halogens is 2. The maximum atomic E-state index is 14.0. The molecule has 2 aromatic carbocycles. The fourth-order valence-corrected chi connectivity index (χ4v) is 4.16. The van der Waals surface area contributed by atoms with Crippen LogP contribution in [0.2, 0.25) is 0 Å². The Morgan fingerprint density at radius 2 is 1.59 bits per heavy atom. The number of para-hydroxylation sites is 1. The van der Waals surface area contributed by atoms with E-state index in [4.69, 9.17) is 0 Å². The molecule has 0 saturated heterocycles. The van der Waals surface area contributed by atoms with Crippen molar-refractivity contribution in [1.29, 1.82) is 0 Å². The second kappa shape index (κ2) is 7.21. The van der Waals surface area contributed by atoms with Gasteiger partial charge in [0.2, 0.25) is 10.0 Å². The van der Waals surface area contributed by atoms with Crippen LogP contribution in [-0.4, -0.2) is 29.6 Å². The van der Waals surface area contributed by atoms with Crippen LogP contribution in [0.1, 0.15) is 17.0 Å². The topological polar surface area (TPSA) is 55.2 Å². The molecule has 0 aliphatic heterocycles. The number of aromatic nitrogens is 2. The molecule has 0 fully saturated rings. The first kappa shape index (κ1) is 19.2. The van der Waals surface area contributed by atoms with Crippen LogP contribution in [-0.2, 0) is 16.6 Å². The molecule has 0 aliphatic carbocycles. The molecule has 0 atom stereocenters. The summed E-state index contributed by atoms with van der Waals surface area (Å²) in [6, 6.07) is 12.4. The first-order valence-corrected chi connectivity index (χ1v) is 9.68. The molecule has 1 heterocycles. The van der Waals surface area contributed by atoms with Gasteiger partial charge in [0.1, 0.15) is 11.6 Å². The lowest BCUT2D eigenvalue weighted by Gasteiger charge is -2.18. The van der Waals surface area contributed by atoms with Crippen LogP contribution in [0.4, 0.5) is 8.78 Å².